The van der Waals surface area contributed by atoms with Crippen LogP contribution in [0, 0.1) is 29.6 Å². The molecule has 0 saturated heterocycles. The number of ether oxygens (including phenoxy) is 4. The van der Waals surface area contributed by atoms with E-state index < -0.39 is 12.1 Å². The molecule has 0 aromatic carbocycles. The van der Waals surface area contributed by atoms with E-state index in [0.29, 0.717) is 63.9 Å². The van der Waals surface area contributed by atoms with Crippen LogP contribution in [0.5, 0.6) is 0 Å². The Morgan fingerprint density at radius 2 is 1.46 bits per heavy atom. The van der Waals surface area contributed by atoms with Crippen LogP contribution in [0.4, 0.5) is 4.79 Å². The van der Waals surface area contributed by atoms with E-state index in [-0.39, 0.29) is 13.0 Å². The fourth-order valence-corrected chi connectivity index (χ4v) is 3.43. The minimum atomic E-state index is -0.877. The molecule has 2 rings (SSSR count). The molecule has 8 heteroatoms. The number of fused-ring (bicyclic) bond motifs is 1. The van der Waals surface area contributed by atoms with Crippen LogP contribution in [0.15, 0.2) is 0 Å². The van der Waals surface area contributed by atoms with Crippen molar-refractivity contribution in [2.45, 2.75) is 32.1 Å². The van der Waals surface area contributed by atoms with Gasteiger partial charge in [0.1, 0.15) is 0 Å². The van der Waals surface area contributed by atoms with Gasteiger partial charge in [0, 0.05) is 19.4 Å². The van der Waals surface area contributed by atoms with Crippen molar-refractivity contribution in [3.63, 3.8) is 0 Å². The summed E-state index contributed by atoms with van der Waals surface area (Å²) >= 11 is 0. The van der Waals surface area contributed by atoms with E-state index >= 15 is 0 Å². The molecule has 8 nitrogen and oxygen atoms in total. The predicted octanol–water partition coefficient (Wildman–Crippen LogP) is 1.68. The topological polar surface area (TPSA) is 103 Å². The van der Waals surface area contributed by atoms with Crippen LogP contribution in [0.2, 0.25) is 0 Å². The summed E-state index contributed by atoms with van der Waals surface area (Å²) < 4.78 is 21.1. The molecule has 0 aromatic heterocycles. The van der Waals surface area contributed by atoms with E-state index in [1.165, 1.54) is 0 Å². The number of carboxylic acid groups (broad SMARTS) is 1. The lowest BCUT2D eigenvalue weighted by Gasteiger charge is -2.08. The number of carboxylic acids is 1. The Hall–Kier alpha value is -1.82. The monoisotopic (exact) mass is 397 g/mol. The Balaban J connectivity index is 1.33. The quantitative estimate of drug-likeness (QED) is 0.339. The van der Waals surface area contributed by atoms with Crippen LogP contribution >= 0.6 is 0 Å². The first-order chi connectivity index (χ1) is 13.7. The number of alkyl carbamates (subject to hydrolysis) is 1. The van der Waals surface area contributed by atoms with Gasteiger partial charge in [0.25, 0.3) is 0 Å². The van der Waals surface area contributed by atoms with Gasteiger partial charge in [-0.2, -0.15) is 0 Å². The zero-order chi connectivity index (χ0) is 20.0. The number of nitrogens with one attached hydrogen (secondary N) is 1. The van der Waals surface area contributed by atoms with Gasteiger partial charge >= 0.3 is 12.1 Å². The highest BCUT2D eigenvalue weighted by atomic mass is 16.6. The van der Waals surface area contributed by atoms with Crippen LogP contribution in [0.25, 0.3) is 0 Å². The summed E-state index contributed by atoms with van der Waals surface area (Å²) in [5.74, 6) is 7.32. The number of carbonyl (C=O) groups is 2. The molecule has 3 atom stereocenters. The minimum absolute atomic E-state index is 0.00464. The van der Waals surface area contributed by atoms with Gasteiger partial charge < -0.3 is 29.4 Å². The summed E-state index contributed by atoms with van der Waals surface area (Å²) in [5.41, 5.74) is 0. The number of aliphatic carboxylic acids is 1. The second kappa shape index (κ2) is 13.4. The Kier molecular flexibility index (Phi) is 10.7. The molecule has 1 saturated carbocycles. The maximum absolute atomic E-state index is 11.7. The third-order valence-electron chi connectivity index (χ3n) is 4.97. The van der Waals surface area contributed by atoms with E-state index in [1.54, 1.807) is 0 Å². The lowest BCUT2D eigenvalue weighted by Crippen LogP contribution is -2.29. The second-order valence-electron chi connectivity index (χ2n) is 6.93. The zero-order valence-electron chi connectivity index (χ0n) is 16.3. The maximum atomic E-state index is 11.7. The summed E-state index contributed by atoms with van der Waals surface area (Å²) in [6.07, 6.45) is 3.77. The highest BCUT2D eigenvalue weighted by Gasteiger charge is 2.49. The van der Waals surface area contributed by atoms with Crippen LogP contribution in [-0.4, -0.2) is 70.0 Å². The van der Waals surface area contributed by atoms with Gasteiger partial charge in [0.05, 0.1) is 52.7 Å². The summed E-state index contributed by atoms with van der Waals surface area (Å²) in [4.78, 5) is 22.0. The number of amides is 1. The molecule has 1 fully saturated rings. The maximum Gasteiger partial charge on any atom is 0.407 e. The van der Waals surface area contributed by atoms with E-state index in [0.717, 1.165) is 25.7 Å². The van der Waals surface area contributed by atoms with E-state index in [2.05, 4.69) is 17.2 Å². The molecule has 0 radical (unpaired) electrons. The highest BCUT2D eigenvalue weighted by Crippen LogP contribution is 2.52. The fraction of sp³-hybridized carbons (Fsp3) is 0.800. The van der Waals surface area contributed by atoms with E-state index in [4.69, 9.17) is 24.1 Å². The molecule has 1 amide bonds. The zero-order valence-corrected chi connectivity index (χ0v) is 16.3. The third-order valence-corrected chi connectivity index (χ3v) is 4.97. The van der Waals surface area contributed by atoms with Crippen molar-refractivity contribution in [2.24, 2.45) is 17.8 Å². The Labute approximate surface area is 166 Å². The van der Waals surface area contributed by atoms with Crippen molar-refractivity contribution < 1.29 is 33.6 Å². The third kappa shape index (κ3) is 9.40. The van der Waals surface area contributed by atoms with Crippen molar-refractivity contribution in [2.75, 3.05) is 52.8 Å². The molecule has 28 heavy (non-hydrogen) atoms. The number of hydrogen-bond acceptors (Lipinski definition) is 6. The van der Waals surface area contributed by atoms with Crippen LogP contribution in [-0.2, 0) is 23.7 Å². The van der Waals surface area contributed by atoms with Crippen molar-refractivity contribution in [1.82, 2.24) is 5.32 Å². The summed E-state index contributed by atoms with van der Waals surface area (Å²) in [7, 11) is 0. The predicted molar refractivity (Wildman–Crippen MR) is 101 cm³/mol. The summed E-state index contributed by atoms with van der Waals surface area (Å²) in [6, 6.07) is 0. The average Bonchev–Trinajstić information content (AvgIpc) is 3.29. The smallest absolute Gasteiger partial charge is 0.407 e. The standard InChI is InChI=1S/C20H31NO7/c22-19(23)7-9-25-11-13-27-14-12-26-10-8-21-20(24)28-15-18-16-5-3-1-2-4-6-17(16)18/h16-18H,3-15H2,(H,21,24)(H,22,23)/t16-,17+,18?. The largest absolute Gasteiger partial charge is 0.481 e. The first-order valence-electron chi connectivity index (χ1n) is 10.00. The van der Waals surface area contributed by atoms with Gasteiger partial charge in [-0.15, -0.1) is 11.8 Å². The van der Waals surface area contributed by atoms with Gasteiger partial charge in [0.2, 0.25) is 0 Å². The molecule has 0 bridgehead atoms. The number of carbonyl (C=O) groups excluding carboxylic acids is 1. The molecule has 2 N–H and O–H groups in total. The molecule has 0 aliphatic heterocycles. The molecule has 0 heterocycles. The van der Waals surface area contributed by atoms with Crippen molar-refractivity contribution in [1.29, 1.82) is 0 Å². The number of rotatable bonds is 14. The first kappa shape index (κ1) is 22.5. The fourth-order valence-electron chi connectivity index (χ4n) is 3.43. The second-order valence-corrected chi connectivity index (χ2v) is 6.93. The van der Waals surface area contributed by atoms with Crippen molar-refractivity contribution >= 4 is 12.1 Å². The van der Waals surface area contributed by atoms with E-state index in [9.17, 15) is 9.59 Å². The molecule has 158 valence electrons. The van der Waals surface area contributed by atoms with Gasteiger partial charge in [-0.05, 0) is 30.6 Å². The molecule has 0 spiro atoms. The minimum Gasteiger partial charge on any atom is -0.481 e. The molecule has 0 aromatic rings. The Morgan fingerprint density at radius 3 is 2.07 bits per heavy atom. The summed E-state index contributed by atoms with van der Waals surface area (Å²) in [5, 5.41) is 11.1. The molecule has 2 aliphatic rings. The molecule has 1 unspecified atom stereocenters. The lowest BCUT2D eigenvalue weighted by molar-refractivity contribution is -0.138. The summed E-state index contributed by atoms with van der Waals surface area (Å²) in [6.45, 7) is 3.04. The van der Waals surface area contributed by atoms with Crippen LogP contribution < -0.4 is 5.32 Å². The molecular formula is C20H31NO7. The van der Waals surface area contributed by atoms with Crippen LogP contribution in [0.1, 0.15) is 32.1 Å². The van der Waals surface area contributed by atoms with Gasteiger partial charge in [-0.25, -0.2) is 4.79 Å². The van der Waals surface area contributed by atoms with Crippen molar-refractivity contribution in [3.05, 3.63) is 0 Å². The van der Waals surface area contributed by atoms with Crippen LogP contribution in [0.3, 0.4) is 0 Å². The Bertz CT molecular complexity index is 524. The van der Waals surface area contributed by atoms with Gasteiger partial charge in [0.15, 0.2) is 0 Å². The van der Waals surface area contributed by atoms with Gasteiger partial charge in [-0.3, -0.25) is 4.79 Å². The number of hydrogen-bond donors (Lipinski definition) is 2. The lowest BCUT2D eigenvalue weighted by atomic mass is 10.1. The average molecular weight is 397 g/mol. The normalized spacial score (nSPS) is 22.8. The van der Waals surface area contributed by atoms with E-state index in [1.807, 2.05) is 0 Å². The molecule has 2 aliphatic carbocycles. The van der Waals surface area contributed by atoms with Crippen molar-refractivity contribution in [3.8, 4) is 11.8 Å². The molecular weight excluding hydrogens is 366 g/mol. The van der Waals surface area contributed by atoms with Gasteiger partial charge in [-0.1, -0.05) is 0 Å². The highest BCUT2D eigenvalue weighted by molar-refractivity contribution is 5.67. The SMILES string of the molecule is O=C(O)CCOCCOCCOCCNC(=O)OCC1[C@H]2CCC#CCC[C@@H]12. The Morgan fingerprint density at radius 1 is 0.893 bits per heavy atom. The first-order valence-corrected chi connectivity index (χ1v) is 10.00.